The van der Waals surface area contributed by atoms with Gasteiger partial charge in [0, 0.05) is 19.3 Å². The van der Waals surface area contributed by atoms with Crippen molar-refractivity contribution in [1.29, 1.82) is 5.26 Å². The number of methoxy groups -OCH3 is 1. The van der Waals surface area contributed by atoms with E-state index in [1.54, 1.807) is 31.4 Å². The molecule has 0 aliphatic heterocycles. The van der Waals surface area contributed by atoms with E-state index in [0.717, 1.165) is 5.56 Å². The first-order valence-electron chi connectivity index (χ1n) is 8.07. The van der Waals surface area contributed by atoms with Gasteiger partial charge in [0.25, 0.3) is 5.91 Å². The zero-order valence-corrected chi connectivity index (χ0v) is 15.1. The molecular weight excluding hydrogens is 346 g/mol. The Bertz CT molecular complexity index is 988. The number of hydrogen-bond acceptors (Lipinski definition) is 7. The molecule has 0 saturated carbocycles. The van der Waals surface area contributed by atoms with E-state index in [4.69, 9.17) is 10.00 Å². The van der Waals surface area contributed by atoms with Crippen molar-refractivity contribution in [2.75, 3.05) is 20.7 Å². The second-order valence-electron chi connectivity index (χ2n) is 5.80. The van der Waals surface area contributed by atoms with Crippen LogP contribution in [0.5, 0.6) is 5.88 Å². The smallest absolute Gasteiger partial charge is 0.274 e. The summed E-state index contributed by atoms with van der Waals surface area (Å²) in [6.07, 6.45) is 1.73. The lowest BCUT2D eigenvalue weighted by molar-refractivity contribution is 0.0805. The van der Waals surface area contributed by atoms with Gasteiger partial charge >= 0.3 is 0 Å². The average molecular weight is 363 g/mol. The topological polar surface area (TPSA) is 110 Å². The van der Waals surface area contributed by atoms with Crippen molar-refractivity contribution in [3.63, 3.8) is 0 Å². The summed E-state index contributed by atoms with van der Waals surface area (Å²) in [6, 6.07) is 10.7. The fourth-order valence-electron chi connectivity index (χ4n) is 2.37. The first-order chi connectivity index (χ1) is 13.0. The Hall–Kier alpha value is -3.80. The summed E-state index contributed by atoms with van der Waals surface area (Å²) in [5.41, 5.74) is 2.41. The van der Waals surface area contributed by atoms with Gasteiger partial charge in [0.05, 0.1) is 24.6 Å². The van der Waals surface area contributed by atoms with E-state index >= 15 is 0 Å². The summed E-state index contributed by atoms with van der Waals surface area (Å²) in [5, 5.41) is 21.2. The lowest BCUT2D eigenvalue weighted by Gasteiger charge is -2.10. The number of hydrogen-bond donors (Lipinski definition) is 0. The molecule has 3 aromatic rings. The highest BCUT2D eigenvalue weighted by molar-refractivity contribution is 5.93. The highest BCUT2D eigenvalue weighted by atomic mass is 16.5. The SMILES string of the molecule is COc1ccc(-n2nc(C(=O)N(C)CC#N)cc2-c2ccc(C)cn2)nn1. The Morgan fingerprint density at radius 1 is 1.30 bits per heavy atom. The van der Waals surface area contributed by atoms with Crippen LogP contribution in [0, 0.1) is 18.3 Å². The zero-order chi connectivity index (χ0) is 19.4. The Balaban J connectivity index is 2.10. The van der Waals surface area contributed by atoms with Crippen LogP contribution in [-0.2, 0) is 0 Å². The van der Waals surface area contributed by atoms with Crippen molar-refractivity contribution in [2.24, 2.45) is 0 Å². The predicted molar refractivity (Wildman–Crippen MR) is 96.2 cm³/mol. The molecule has 136 valence electrons. The van der Waals surface area contributed by atoms with Gasteiger partial charge in [-0.15, -0.1) is 10.2 Å². The van der Waals surface area contributed by atoms with Crippen molar-refractivity contribution in [3.8, 4) is 29.2 Å². The van der Waals surface area contributed by atoms with Gasteiger partial charge in [0.2, 0.25) is 5.88 Å². The predicted octanol–water partition coefficient (Wildman–Crippen LogP) is 1.64. The van der Waals surface area contributed by atoms with E-state index in [0.29, 0.717) is 23.1 Å². The van der Waals surface area contributed by atoms with Crippen LogP contribution in [-0.4, -0.2) is 56.5 Å². The van der Waals surface area contributed by atoms with Crippen LogP contribution >= 0.6 is 0 Å². The Labute approximate surface area is 155 Å². The maximum atomic E-state index is 12.5. The Morgan fingerprint density at radius 3 is 2.70 bits per heavy atom. The number of carbonyl (C=O) groups is 1. The van der Waals surface area contributed by atoms with E-state index in [1.165, 1.54) is 16.7 Å². The number of carbonyl (C=O) groups excluding carboxylic acids is 1. The van der Waals surface area contributed by atoms with Gasteiger partial charge in [0.15, 0.2) is 11.5 Å². The third-order valence-corrected chi connectivity index (χ3v) is 3.81. The van der Waals surface area contributed by atoms with E-state index in [-0.39, 0.29) is 18.1 Å². The molecule has 0 bridgehead atoms. The highest BCUT2D eigenvalue weighted by Crippen LogP contribution is 2.22. The monoisotopic (exact) mass is 363 g/mol. The number of pyridine rings is 1. The number of ether oxygens (including phenoxy) is 1. The second-order valence-corrected chi connectivity index (χ2v) is 5.80. The van der Waals surface area contributed by atoms with Crippen molar-refractivity contribution >= 4 is 5.91 Å². The Morgan fingerprint density at radius 2 is 2.11 bits per heavy atom. The van der Waals surface area contributed by atoms with Gasteiger partial charge in [-0.1, -0.05) is 6.07 Å². The summed E-state index contributed by atoms with van der Waals surface area (Å²) in [5.74, 6) is 0.409. The quantitative estimate of drug-likeness (QED) is 0.634. The molecule has 0 radical (unpaired) electrons. The van der Waals surface area contributed by atoms with Crippen molar-refractivity contribution in [3.05, 3.63) is 47.8 Å². The minimum atomic E-state index is -0.370. The number of rotatable bonds is 5. The first-order valence-corrected chi connectivity index (χ1v) is 8.07. The van der Waals surface area contributed by atoms with Crippen LogP contribution in [0.2, 0.25) is 0 Å². The van der Waals surface area contributed by atoms with Crippen molar-refractivity contribution < 1.29 is 9.53 Å². The molecular formula is C18H17N7O2. The molecule has 9 nitrogen and oxygen atoms in total. The molecule has 3 rings (SSSR count). The summed E-state index contributed by atoms with van der Waals surface area (Å²) in [7, 11) is 3.04. The molecule has 3 heterocycles. The molecule has 0 unspecified atom stereocenters. The number of amides is 1. The summed E-state index contributed by atoms with van der Waals surface area (Å²) in [6.45, 7) is 1.90. The molecule has 0 saturated heterocycles. The molecule has 9 heteroatoms. The second kappa shape index (κ2) is 7.61. The van der Waals surface area contributed by atoms with E-state index < -0.39 is 0 Å². The summed E-state index contributed by atoms with van der Waals surface area (Å²) >= 11 is 0. The fourth-order valence-corrected chi connectivity index (χ4v) is 2.37. The van der Waals surface area contributed by atoms with Crippen LogP contribution in [0.4, 0.5) is 0 Å². The van der Waals surface area contributed by atoms with E-state index in [1.807, 2.05) is 25.1 Å². The van der Waals surface area contributed by atoms with Crippen molar-refractivity contribution in [2.45, 2.75) is 6.92 Å². The van der Waals surface area contributed by atoms with Crippen LogP contribution in [0.3, 0.4) is 0 Å². The van der Waals surface area contributed by atoms with Gasteiger partial charge in [-0.2, -0.15) is 10.4 Å². The van der Waals surface area contributed by atoms with E-state index in [2.05, 4.69) is 20.3 Å². The van der Waals surface area contributed by atoms with Gasteiger partial charge < -0.3 is 9.64 Å². The van der Waals surface area contributed by atoms with E-state index in [9.17, 15) is 4.79 Å². The minimum absolute atomic E-state index is 0.0356. The van der Waals surface area contributed by atoms with Gasteiger partial charge in [0.1, 0.15) is 6.54 Å². The van der Waals surface area contributed by atoms with Gasteiger partial charge in [-0.3, -0.25) is 9.78 Å². The summed E-state index contributed by atoms with van der Waals surface area (Å²) < 4.78 is 6.53. The third kappa shape index (κ3) is 3.74. The van der Waals surface area contributed by atoms with Crippen LogP contribution in [0.25, 0.3) is 17.2 Å². The van der Waals surface area contributed by atoms with Gasteiger partial charge in [-0.05, 0) is 30.7 Å². The number of nitrogens with zero attached hydrogens (tertiary/aromatic N) is 7. The maximum Gasteiger partial charge on any atom is 0.274 e. The van der Waals surface area contributed by atoms with Crippen LogP contribution < -0.4 is 4.74 Å². The Kier molecular flexibility index (Phi) is 5.08. The first kappa shape index (κ1) is 18.0. The number of aromatic nitrogens is 5. The molecule has 27 heavy (non-hydrogen) atoms. The molecule has 0 aliphatic carbocycles. The molecule has 0 atom stereocenters. The highest BCUT2D eigenvalue weighted by Gasteiger charge is 2.21. The standard InChI is InChI=1S/C18H17N7O2/c1-12-4-5-13(20-11-12)15-10-14(18(26)24(2)9-8-19)23-25(15)16-6-7-17(27-3)22-21-16/h4-7,10-11H,9H2,1-3H3. The average Bonchev–Trinajstić information content (AvgIpc) is 3.13. The summed E-state index contributed by atoms with van der Waals surface area (Å²) in [4.78, 5) is 18.2. The molecule has 0 aliphatic rings. The van der Waals surface area contributed by atoms with Crippen LogP contribution in [0.15, 0.2) is 36.5 Å². The molecule has 1 amide bonds. The minimum Gasteiger partial charge on any atom is -0.480 e. The number of aryl methyl sites for hydroxylation is 1. The van der Waals surface area contributed by atoms with Gasteiger partial charge in [-0.25, -0.2) is 4.68 Å². The maximum absolute atomic E-state index is 12.5. The fraction of sp³-hybridized carbons (Fsp3) is 0.222. The van der Waals surface area contributed by atoms with Crippen LogP contribution in [0.1, 0.15) is 16.1 Å². The molecule has 0 spiro atoms. The third-order valence-electron chi connectivity index (χ3n) is 3.81. The van der Waals surface area contributed by atoms with Crippen molar-refractivity contribution in [1.82, 2.24) is 29.9 Å². The normalized spacial score (nSPS) is 10.3. The zero-order valence-electron chi connectivity index (χ0n) is 15.1. The lowest BCUT2D eigenvalue weighted by atomic mass is 10.2. The molecule has 0 fully saturated rings. The molecule has 3 aromatic heterocycles. The largest absolute Gasteiger partial charge is 0.480 e. The lowest BCUT2D eigenvalue weighted by Crippen LogP contribution is -2.27. The number of nitriles is 1. The molecule has 0 N–H and O–H groups in total. The molecule has 0 aromatic carbocycles.